The van der Waals surface area contributed by atoms with Gasteiger partial charge in [0.2, 0.25) is 0 Å². The summed E-state index contributed by atoms with van der Waals surface area (Å²) in [4.78, 5) is 2.21. The van der Waals surface area contributed by atoms with E-state index in [4.69, 9.17) is 0 Å². The third-order valence-electron chi connectivity index (χ3n) is 6.36. The summed E-state index contributed by atoms with van der Waals surface area (Å²) in [6.07, 6.45) is 6.66. The molecular weight excluding hydrogens is 364 g/mol. The van der Waals surface area contributed by atoms with Gasteiger partial charge >= 0.3 is 0 Å². The van der Waals surface area contributed by atoms with Crippen molar-refractivity contribution in [2.75, 3.05) is 20.6 Å². The van der Waals surface area contributed by atoms with Gasteiger partial charge in [0.15, 0.2) is 0 Å². The summed E-state index contributed by atoms with van der Waals surface area (Å²) < 4.78 is 0. The number of likely N-dealkylation sites (N-methyl/N-ethyl adjacent to an activating group) is 1. The van der Waals surface area contributed by atoms with Crippen LogP contribution in [0.4, 0.5) is 0 Å². The Hall–Kier alpha value is -2.97. The Bertz CT molecular complexity index is 1190. The molecule has 1 aliphatic rings. The first kappa shape index (κ1) is 20.3. The lowest BCUT2D eigenvalue weighted by Gasteiger charge is -2.23. The number of aryl methyl sites for hydroxylation is 1. The Kier molecular flexibility index (Phi) is 5.44. The lowest BCUT2D eigenvalue weighted by Crippen LogP contribution is -2.19. The topological polar surface area (TPSA) is 27.1 Å². The highest BCUT2D eigenvalue weighted by atomic mass is 15.0. The van der Waals surface area contributed by atoms with Gasteiger partial charge in [-0.2, -0.15) is 0 Å². The van der Waals surface area contributed by atoms with Crippen LogP contribution in [0.15, 0.2) is 72.3 Å². The van der Waals surface area contributed by atoms with Gasteiger partial charge in [0.1, 0.15) is 0 Å². The minimum absolute atomic E-state index is 0.208. The molecule has 1 atom stereocenters. The van der Waals surface area contributed by atoms with E-state index in [1.54, 1.807) is 0 Å². The zero-order valence-electron chi connectivity index (χ0n) is 18.6. The molecule has 0 fully saturated rings. The molecule has 0 amide bonds. The molecule has 1 aliphatic carbocycles. The summed E-state index contributed by atoms with van der Waals surface area (Å²) in [5, 5.41) is 11.6. The SMILES string of the molecule is Cc1ccc(C(=N)c2cc3ccccc3cc2C2C=CC=C2CN(C)C)c(C)c1C. The monoisotopic (exact) mass is 394 g/mol. The standard InChI is InChI=1S/C28H30N2/c1-18-13-14-24(20(3)19(18)2)28(29)27-16-22-10-7-6-9-21(22)15-26(27)25-12-8-11-23(25)17-30(4)5/h6-16,25,29H,17H2,1-5H3. The van der Waals surface area contributed by atoms with Gasteiger partial charge in [-0.1, -0.05) is 54.6 Å². The number of nitrogens with zero attached hydrogens (tertiary/aromatic N) is 1. The Morgan fingerprint density at radius 1 is 0.900 bits per heavy atom. The molecule has 3 aromatic carbocycles. The van der Waals surface area contributed by atoms with Gasteiger partial charge in [0, 0.05) is 23.6 Å². The molecule has 0 saturated heterocycles. The highest BCUT2D eigenvalue weighted by Crippen LogP contribution is 2.36. The summed E-state index contributed by atoms with van der Waals surface area (Å²) in [5.74, 6) is 0.208. The van der Waals surface area contributed by atoms with E-state index >= 15 is 0 Å². The van der Waals surface area contributed by atoms with Crippen LogP contribution >= 0.6 is 0 Å². The Morgan fingerprint density at radius 3 is 2.30 bits per heavy atom. The molecule has 0 aromatic heterocycles. The summed E-state index contributed by atoms with van der Waals surface area (Å²) in [6, 6.07) is 17.2. The van der Waals surface area contributed by atoms with Gasteiger partial charge in [0.05, 0.1) is 5.71 Å². The van der Waals surface area contributed by atoms with E-state index in [-0.39, 0.29) is 5.92 Å². The molecule has 4 rings (SSSR count). The van der Waals surface area contributed by atoms with Crippen LogP contribution < -0.4 is 0 Å². The molecule has 0 aliphatic heterocycles. The molecule has 0 bridgehead atoms. The lowest BCUT2D eigenvalue weighted by molar-refractivity contribution is 0.439. The zero-order chi connectivity index (χ0) is 21.4. The molecule has 1 N–H and O–H groups in total. The Morgan fingerprint density at radius 2 is 1.60 bits per heavy atom. The van der Waals surface area contributed by atoms with Crippen molar-refractivity contribution in [3.63, 3.8) is 0 Å². The number of benzene rings is 3. The van der Waals surface area contributed by atoms with Crippen LogP contribution in [0, 0.1) is 26.2 Å². The second-order valence-electron chi connectivity index (χ2n) is 8.68. The molecule has 152 valence electrons. The lowest BCUT2D eigenvalue weighted by atomic mass is 9.83. The fourth-order valence-electron chi connectivity index (χ4n) is 4.44. The number of allylic oxidation sites excluding steroid dienone is 3. The average molecular weight is 395 g/mol. The van der Waals surface area contributed by atoms with E-state index < -0.39 is 0 Å². The van der Waals surface area contributed by atoms with Crippen molar-refractivity contribution in [3.8, 4) is 0 Å². The molecular formula is C28H30N2. The molecule has 0 saturated carbocycles. The summed E-state index contributed by atoms with van der Waals surface area (Å²) in [7, 11) is 4.22. The van der Waals surface area contributed by atoms with Crippen molar-refractivity contribution in [2.45, 2.75) is 26.7 Å². The Balaban J connectivity index is 1.90. The van der Waals surface area contributed by atoms with Gasteiger partial charge in [-0.25, -0.2) is 0 Å². The van der Waals surface area contributed by atoms with Gasteiger partial charge in [-0.15, -0.1) is 0 Å². The highest BCUT2D eigenvalue weighted by Gasteiger charge is 2.24. The molecule has 30 heavy (non-hydrogen) atoms. The van der Waals surface area contributed by atoms with Crippen molar-refractivity contribution in [1.29, 1.82) is 5.41 Å². The zero-order valence-corrected chi connectivity index (χ0v) is 18.6. The first-order valence-electron chi connectivity index (χ1n) is 10.6. The quantitative estimate of drug-likeness (QED) is 0.504. The Labute approximate surface area is 180 Å². The third-order valence-corrected chi connectivity index (χ3v) is 6.36. The maximum absolute atomic E-state index is 9.21. The molecule has 0 spiro atoms. The largest absolute Gasteiger partial charge is 0.305 e. The fraction of sp³-hybridized carbons (Fsp3) is 0.250. The average Bonchev–Trinajstić information content (AvgIpc) is 3.18. The maximum atomic E-state index is 9.21. The molecule has 1 unspecified atom stereocenters. The fourth-order valence-corrected chi connectivity index (χ4v) is 4.44. The first-order chi connectivity index (χ1) is 14.4. The van der Waals surface area contributed by atoms with E-state index in [2.05, 4.69) is 107 Å². The van der Waals surface area contributed by atoms with Crippen molar-refractivity contribution >= 4 is 16.5 Å². The number of fused-ring (bicyclic) bond motifs is 1. The van der Waals surface area contributed by atoms with Gasteiger partial charge < -0.3 is 4.90 Å². The van der Waals surface area contributed by atoms with Crippen LogP contribution in [0.3, 0.4) is 0 Å². The van der Waals surface area contributed by atoms with E-state index in [9.17, 15) is 5.41 Å². The van der Waals surface area contributed by atoms with Crippen molar-refractivity contribution in [1.82, 2.24) is 4.90 Å². The van der Waals surface area contributed by atoms with Crippen molar-refractivity contribution < 1.29 is 0 Å². The van der Waals surface area contributed by atoms with E-state index in [0.717, 1.165) is 17.7 Å². The number of nitrogens with one attached hydrogen (secondary N) is 1. The van der Waals surface area contributed by atoms with Crippen LogP contribution in [-0.2, 0) is 0 Å². The molecule has 0 heterocycles. The second kappa shape index (κ2) is 8.04. The van der Waals surface area contributed by atoms with Gasteiger partial charge in [0.25, 0.3) is 0 Å². The minimum Gasteiger partial charge on any atom is -0.305 e. The minimum atomic E-state index is 0.208. The van der Waals surface area contributed by atoms with Crippen molar-refractivity contribution in [3.05, 3.63) is 106 Å². The van der Waals surface area contributed by atoms with Crippen LogP contribution in [0.5, 0.6) is 0 Å². The number of rotatable bonds is 5. The summed E-state index contributed by atoms with van der Waals surface area (Å²) >= 11 is 0. The number of hydrogen-bond acceptors (Lipinski definition) is 2. The molecule has 0 radical (unpaired) electrons. The maximum Gasteiger partial charge on any atom is 0.0690 e. The third kappa shape index (κ3) is 3.64. The highest BCUT2D eigenvalue weighted by molar-refractivity contribution is 6.14. The molecule has 3 aromatic rings. The van der Waals surface area contributed by atoms with Crippen molar-refractivity contribution in [2.24, 2.45) is 0 Å². The van der Waals surface area contributed by atoms with Gasteiger partial charge in [-0.05, 0) is 85.6 Å². The predicted octanol–water partition coefficient (Wildman–Crippen LogP) is 6.32. The smallest absolute Gasteiger partial charge is 0.0690 e. The normalized spacial score (nSPS) is 15.8. The first-order valence-corrected chi connectivity index (χ1v) is 10.6. The van der Waals surface area contributed by atoms with E-state index in [0.29, 0.717) is 5.71 Å². The summed E-state index contributed by atoms with van der Waals surface area (Å²) in [6.45, 7) is 7.35. The molecule has 2 nitrogen and oxygen atoms in total. The van der Waals surface area contributed by atoms with E-state index in [1.807, 2.05) is 0 Å². The van der Waals surface area contributed by atoms with Crippen LogP contribution in [0.25, 0.3) is 10.8 Å². The van der Waals surface area contributed by atoms with Crippen LogP contribution in [-0.4, -0.2) is 31.3 Å². The van der Waals surface area contributed by atoms with Crippen LogP contribution in [0.2, 0.25) is 0 Å². The summed E-state index contributed by atoms with van der Waals surface area (Å²) in [5.41, 5.74) is 9.01. The van der Waals surface area contributed by atoms with E-state index in [1.165, 1.54) is 38.6 Å². The second-order valence-corrected chi connectivity index (χ2v) is 8.68. The van der Waals surface area contributed by atoms with Crippen LogP contribution in [0.1, 0.15) is 39.3 Å². The predicted molar refractivity (Wildman–Crippen MR) is 129 cm³/mol. The molecule has 2 heteroatoms. The van der Waals surface area contributed by atoms with Gasteiger partial charge in [-0.3, -0.25) is 5.41 Å². The number of hydrogen-bond donors (Lipinski definition) is 1.